The van der Waals surface area contributed by atoms with E-state index in [1.54, 1.807) is 18.0 Å². The highest BCUT2D eigenvalue weighted by Gasteiger charge is 2.13. The van der Waals surface area contributed by atoms with Crippen LogP contribution in [0.3, 0.4) is 0 Å². The summed E-state index contributed by atoms with van der Waals surface area (Å²) in [4.78, 5) is 0. The standard InChI is InChI=1S/C22H26N4O2S/c1-15-24-25-21(29)26(15)23-13-16-6-11-20(27-5)17(12-16)14-28-19-9-7-18(8-10-19)22(2,3)4/h6-13H,14H2,1-5H3,(H,25,29)/b23-13+. The second-order valence-electron chi connectivity index (χ2n) is 7.77. The van der Waals surface area contributed by atoms with E-state index in [0.29, 0.717) is 17.2 Å². The van der Waals surface area contributed by atoms with Gasteiger partial charge in [-0.25, -0.2) is 0 Å². The summed E-state index contributed by atoms with van der Waals surface area (Å²) in [7, 11) is 1.65. The molecule has 3 rings (SSSR count). The van der Waals surface area contributed by atoms with Crippen molar-refractivity contribution in [2.45, 2.75) is 39.7 Å². The molecule has 0 saturated carbocycles. The molecule has 6 nitrogen and oxygen atoms in total. The van der Waals surface area contributed by atoms with E-state index >= 15 is 0 Å². The van der Waals surface area contributed by atoms with Crippen LogP contribution in [0.15, 0.2) is 47.6 Å². The molecule has 0 aliphatic carbocycles. The summed E-state index contributed by atoms with van der Waals surface area (Å²) in [5, 5.41) is 11.2. The average Bonchev–Trinajstić information content (AvgIpc) is 3.02. The summed E-state index contributed by atoms with van der Waals surface area (Å²) in [5.41, 5.74) is 3.23. The number of H-pyrrole nitrogens is 1. The molecular weight excluding hydrogens is 384 g/mol. The van der Waals surface area contributed by atoms with Gasteiger partial charge in [-0.3, -0.25) is 5.10 Å². The van der Waals surface area contributed by atoms with Crippen LogP contribution >= 0.6 is 12.2 Å². The topological polar surface area (TPSA) is 64.4 Å². The molecular formula is C22H26N4O2S. The van der Waals surface area contributed by atoms with Crippen LogP contribution in [-0.4, -0.2) is 28.2 Å². The molecule has 0 spiro atoms. The van der Waals surface area contributed by atoms with Crippen molar-refractivity contribution in [1.29, 1.82) is 0 Å². The van der Waals surface area contributed by atoms with Crippen molar-refractivity contribution in [2.24, 2.45) is 5.10 Å². The van der Waals surface area contributed by atoms with Gasteiger partial charge in [-0.2, -0.15) is 14.9 Å². The lowest BCUT2D eigenvalue weighted by atomic mass is 9.87. The lowest BCUT2D eigenvalue weighted by molar-refractivity contribution is 0.296. The third kappa shape index (κ3) is 5.12. The fourth-order valence-corrected chi connectivity index (χ4v) is 3.06. The molecule has 0 unspecified atom stereocenters. The van der Waals surface area contributed by atoms with Gasteiger partial charge in [0.05, 0.1) is 13.3 Å². The minimum Gasteiger partial charge on any atom is -0.496 e. The Kier molecular flexibility index (Phi) is 6.17. The number of aromatic amines is 1. The minimum atomic E-state index is 0.117. The van der Waals surface area contributed by atoms with Crippen molar-refractivity contribution in [3.63, 3.8) is 0 Å². The molecule has 0 fully saturated rings. The highest BCUT2D eigenvalue weighted by atomic mass is 32.1. The number of nitrogens with one attached hydrogen (secondary N) is 1. The van der Waals surface area contributed by atoms with Crippen molar-refractivity contribution in [1.82, 2.24) is 14.9 Å². The third-order valence-corrected chi connectivity index (χ3v) is 4.82. The predicted molar refractivity (Wildman–Crippen MR) is 118 cm³/mol. The first-order valence-corrected chi connectivity index (χ1v) is 9.77. The quantitative estimate of drug-likeness (QED) is 0.458. The van der Waals surface area contributed by atoms with E-state index in [0.717, 1.165) is 22.6 Å². The minimum absolute atomic E-state index is 0.117. The van der Waals surface area contributed by atoms with E-state index in [2.05, 4.69) is 48.2 Å². The van der Waals surface area contributed by atoms with Gasteiger partial charge in [-0.1, -0.05) is 32.9 Å². The summed E-state index contributed by atoms with van der Waals surface area (Å²) >= 11 is 5.17. The molecule has 29 heavy (non-hydrogen) atoms. The third-order valence-electron chi connectivity index (χ3n) is 4.55. The number of nitrogens with zero attached hydrogens (tertiary/aromatic N) is 3. The maximum absolute atomic E-state index is 5.98. The van der Waals surface area contributed by atoms with E-state index < -0.39 is 0 Å². The van der Waals surface area contributed by atoms with Gasteiger partial charge in [0.2, 0.25) is 4.77 Å². The monoisotopic (exact) mass is 410 g/mol. The Bertz CT molecular complexity index is 1060. The van der Waals surface area contributed by atoms with Crippen LogP contribution in [0.5, 0.6) is 11.5 Å². The maximum Gasteiger partial charge on any atom is 0.216 e. The van der Waals surface area contributed by atoms with Crippen molar-refractivity contribution >= 4 is 18.4 Å². The molecule has 3 aromatic rings. The van der Waals surface area contributed by atoms with Gasteiger partial charge in [0, 0.05) is 5.56 Å². The highest BCUT2D eigenvalue weighted by Crippen LogP contribution is 2.26. The molecule has 1 N–H and O–H groups in total. The zero-order valence-corrected chi connectivity index (χ0v) is 18.2. The molecule has 0 radical (unpaired) electrons. The van der Waals surface area contributed by atoms with Crippen LogP contribution in [-0.2, 0) is 12.0 Å². The van der Waals surface area contributed by atoms with Crippen LogP contribution in [0.4, 0.5) is 0 Å². The smallest absolute Gasteiger partial charge is 0.216 e. The number of ether oxygens (including phenoxy) is 2. The van der Waals surface area contributed by atoms with Crippen LogP contribution < -0.4 is 9.47 Å². The van der Waals surface area contributed by atoms with E-state index in [1.165, 1.54) is 5.56 Å². The fraction of sp³-hybridized carbons (Fsp3) is 0.318. The number of methoxy groups -OCH3 is 1. The lowest BCUT2D eigenvalue weighted by Crippen LogP contribution is -2.10. The molecule has 0 bridgehead atoms. The van der Waals surface area contributed by atoms with Gasteiger partial charge in [0.15, 0.2) is 0 Å². The number of aryl methyl sites for hydroxylation is 1. The number of rotatable bonds is 6. The number of aromatic nitrogens is 3. The highest BCUT2D eigenvalue weighted by molar-refractivity contribution is 7.71. The summed E-state index contributed by atoms with van der Waals surface area (Å²) in [6.07, 6.45) is 1.74. The van der Waals surface area contributed by atoms with Crippen LogP contribution in [0.1, 0.15) is 43.3 Å². The molecule has 0 saturated heterocycles. The van der Waals surface area contributed by atoms with E-state index in [-0.39, 0.29) is 5.41 Å². The molecule has 0 atom stereocenters. The zero-order chi connectivity index (χ0) is 21.0. The Labute approximate surface area is 176 Å². The van der Waals surface area contributed by atoms with Crippen molar-refractivity contribution < 1.29 is 9.47 Å². The van der Waals surface area contributed by atoms with Crippen LogP contribution in [0.2, 0.25) is 0 Å². The summed E-state index contributed by atoms with van der Waals surface area (Å²) < 4.78 is 13.5. The first-order chi connectivity index (χ1) is 13.8. The molecule has 152 valence electrons. The first kappa shape index (κ1) is 20.8. The van der Waals surface area contributed by atoms with Gasteiger partial charge < -0.3 is 9.47 Å². The first-order valence-electron chi connectivity index (χ1n) is 9.36. The Morgan fingerprint density at radius 3 is 2.48 bits per heavy atom. The van der Waals surface area contributed by atoms with Crippen molar-refractivity contribution in [3.05, 3.63) is 69.8 Å². The van der Waals surface area contributed by atoms with Gasteiger partial charge >= 0.3 is 0 Å². The Morgan fingerprint density at radius 2 is 1.90 bits per heavy atom. The maximum atomic E-state index is 5.98. The molecule has 7 heteroatoms. The molecule has 1 aromatic heterocycles. The molecule has 0 aliphatic heterocycles. The molecule has 0 amide bonds. The van der Waals surface area contributed by atoms with Crippen molar-refractivity contribution in [2.75, 3.05) is 7.11 Å². The predicted octanol–water partition coefficient (Wildman–Crippen LogP) is 5.02. The number of hydrogen-bond donors (Lipinski definition) is 1. The van der Waals surface area contributed by atoms with E-state index in [4.69, 9.17) is 21.7 Å². The van der Waals surface area contributed by atoms with E-state index in [9.17, 15) is 0 Å². The summed E-state index contributed by atoms with van der Waals surface area (Å²) in [5.74, 6) is 2.28. The summed E-state index contributed by atoms with van der Waals surface area (Å²) in [6, 6.07) is 14.0. The number of hydrogen-bond acceptors (Lipinski definition) is 5. The number of benzene rings is 2. The average molecular weight is 411 g/mol. The van der Waals surface area contributed by atoms with Crippen molar-refractivity contribution in [3.8, 4) is 11.5 Å². The SMILES string of the molecule is COc1ccc(/C=N/n2c(C)n[nH]c2=S)cc1COc1ccc(C(C)(C)C)cc1. The largest absolute Gasteiger partial charge is 0.496 e. The van der Waals surface area contributed by atoms with Crippen LogP contribution in [0, 0.1) is 11.7 Å². The fourth-order valence-electron chi connectivity index (χ4n) is 2.83. The second-order valence-corrected chi connectivity index (χ2v) is 8.15. The Hall–Kier alpha value is -2.93. The lowest BCUT2D eigenvalue weighted by Gasteiger charge is -2.19. The molecule has 0 aliphatic rings. The van der Waals surface area contributed by atoms with Gasteiger partial charge in [0.1, 0.15) is 23.9 Å². The zero-order valence-electron chi connectivity index (χ0n) is 17.4. The summed E-state index contributed by atoms with van der Waals surface area (Å²) in [6.45, 7) is 8.81. The second kappa shape index (κ2) is 8.61. The van der Waals surface area contributed by atoms with Gasteiger partial charge in [-0.05, 0) is 66.0 Å². The molecule has 2 aromatic carbocycles. The van der Waals surface area contributed by atoms with E-state index in [1.807, 2.05) is 37.3 Å². The molecule has 1 heterocycles. The van der Waals surface area contributed by atoms with Crippen LogP contribution in [0.25, 0.3) is 0 Å². The van der Waals surface area contributed by atoms with Gasteiger partial charge in [0.25, 0.3) is 0 Å². The van der Waals surface area contributed by atoms with Gasteiger partial charge in [-0.15, -0.1) is 0 Å². The Balaban J connectivity index is 1.76. The Morgan fingerprint density at radius 1 is 1.17 bits per heavy atom. The normalized spacial score (nSPS) is 11.8.